The molecule has 0 spiro atoms. The molecule has 0 aliphatic carbocycles. The average molecular weight is 410 g/mol. The fraction of sp³-hybridized carbons (Fsp3) is 0.471. The van der Waals surface area contributed by atoms with E-state index >= 15 is 0 Å². The summed E-state index contributed by atoms with van der Waals surface area (Å²) in [5.74, 6) is -0.819. The molecule has 8 heteroatoms. The number of benzene rings is 1. The van der Waals surface area contributed by atoms with Crippen LogP contribution in [0.3, 0.4) is 0 Å². The van der Waals surface area contributed by atoms with Gasteiger partial charge < -0.3 is 15.4 Å². The van der Waals surface area contributed by atoms with Crippen molar-refractivity contribution in [2.45, 2.75) is 31.4 Å². The van der Waals surface area contributed by atoms with Crippen LogP contribution in [0, 0.1) is 0 Å². The largest absolute Gasteiger partial charge is 0.376 e. The molecular formula is C17H20BrN3O4. The zero-order chi connectivity index (χ0) is 18.0. The predicted molar refractivity (Wildman–Crippen MR) is 93.7 cm³/mol. The van der Waals surface area contributed by atoms with Gasteiger partial charge in [0.15, 0.2) is 0 Å². The van der Waals surface area contributed by atoms with E-state index < -0.39 is 17.5 Å². The van der Waals surface area contributed by atoms with Crippen LogP contribution in [0.15, 0.2) is 28.7 Å². The third-order valence-electron chi connectivity index (χ3n) is 4.53. The Balaban J connectivity index is 1.65. The minimum atomic E-state index is -1.18. The van der Waals surface area contributed by atoms with Crippen molar-refractivity contribution in [1.82, 2.24) is 15.5 Å². The summed E-state index contributed by atoms with van der Waals surface area (Å²) in [5.41, 5.74) is -0.530. The van der Waals surface area contributed by atoms with E-state index in [1.165, 1.54) is 0 Å². The third-order valence-corrected chi connectivity index (χ3v) is 5.02. The van der Waals surface area contributed by atoms with Crippen LogP contribution in [-0.2, 0) is 19.9 Å². The standard InChI is InChI=1S/C17H20BrN3O4/c1-17(11-4-2-5-12(18)8-11)15(23)21(16(24)20-17)10-14(22)19-9-13-6-3-7-25-13/h2,4-5,8,13H,3,6-7,9-10H2,1H3,(H,19,22)(H,20,24)/t13-,17-/m0/s1. The van der Waals surface area contributed by atoms with Gasteiger partial charge in [-0.25, -0.2) is 4.79 Å². The van der Waals surface area contributed by atoms with Gasteiger partial charge in [-0.1, -0.05) is 28.1 Å². The van der Waals surface area contributed by atoms with Crippen LogP contribution in [0.4, 0.5) is 4.79 Å². The summed E-state index contributed by atoms with van der Waals surface area (Å²) < 4.78 is 6.25. The van der Waals surface area contributed by atoms with Crippen molar-refractivity contribution in [3.8, 4) is 0 Å². The lowest BCUT2D eigenvalue weighted by molar-refractivity contribution is -0.134. The molecule has 2 fully saturated rings. The maximum Gasteiger partial charge on any atom is 0.325 e. The molecule has 0 bridgehead atoms. The molecule has 7 nitrogen and oxygen atoms in total. The van der Waals surface area contributed by atoms with E-state index in [0.29, 0.717) is 18.7 Å². The number of hydrogen-bond donors (Lipinski definition) is 2. The molecule has 25 heavy (non-hydrogen) atoms. The summed E-state index contributed by atoms with van der Waals surface area (Å²) in [6.45, 7) is 2.43. The van der Waals surface area contributed by atoms with Crippen molar-refractivity contribution in [1.29, 1.82) is 0 Å². The van der Waals surface area contributed by atoms with Crippen LogP contribution in [0.2, 0.25) is 0 Å². The van der Waals surface area contributed by atoms with Gasteiger partial charge in [-0.05, 0) is 37.5 Å². The van der Waals surface area contributed by atoms with E-state index in [2.05, 4.69) is 26.6 Å². The van der Waals surface area contributed by atoms with Crippen molar-refractivity contribution in [3.63, 3.8) is 0 Å². The molecule has 4 amide bonds. The number of hydrogen-bond acceptors (Lipinski definition) is 4. The number of amides is 4. The minimum absolute atomic E-state index is 0.0130. The molecule has 2 heterocycles. The number of halogens is 1. The SMILES string of the molecule is C[C@@]1(c2cccc(Br)c2)NC(=O)N(CC(=O)NC[C@@H]2CCCO2)C1=O. The lowest BCUT2D eigenvalue weighted by Gasteiger charge is -2.22. The number of ether oxygens (including phenoxy) is 1. The molecule has 0 saturated carbocycles. The van der Waals surface area contributed by atoms with Crippen LogP contribution >= 0.6 is 15.9 Å². The van der Waals surface area contributed by atoms with Crippen LogP contribution in [0.5, 0.6) is 0 Å². The Morgan fingerprint density at radius 3 is 2.96 bits per heavy atom. The normalized spacial score (nSPS) is 26.0. The highest BCUT2D eigenvalue weighted by atomic mass is 79.9. The van der Waals surface area contributed by atoms with E-state index in [4.69, 9.17) is 4.74 Å². The second kappa shape index (κ2) is 7.13. The number of urea groups is 1. The number of nitrogens with zero attached hydrogens (tertiary/aromatic N) is 1. The highest BCUT2D eigenvalue weighted by molar-refractivity contribution is 9.10. The Morgan fingerprint density at radius 2 is 2.28 bits per heavy atom. The smallest absolute Gasteiger partial charge is 0.325 e. The molecule has 2 saturated heterocycles. The lowest BCUT2D eigenvalue weighted by Crippen LogP contribution is -2.44. The highest BCUT2D eigenvalue weighted by Crippen LogP contribution is 2.30. The first-order valence-corrected chi connectivity index (χ1v) is 8.98. The zero-order valence-electron chi connectivity index (χ0n) is 13.9. The first-order chi connectivity index (χ1) is 11.9. The second-order valence-corrected chi connectivity index (χ2v) is 7.31. The Kier molecular flexibility index (Phi) is 5.10. The van der Waals surface area contributed by atoms with Crippen LogP contribution < -0.4 is 10.6 Å². The summed E-state index contributed by atoms with van der Waals surface area (Å²) >= 11 is 3.36. The average Bonchev–Trinajstić information content (AvgIpc) is 3.16. The molecule has 2 N–H and O–H groups in total. The molecule has 0 aromatic heterocycles. The molecule has 0 radical (unpaired) electrons. The number of carbonyl (C=O) groups is 3. The summed E-state index contributed by atoms with van der Waals surface area (Å²) in [5, 5.41) is 5.41. The number of carbonyl (C=O) groups excluding carboxylic acids is 3. The molecular weight excluding hydrogens is 390 g/mol. The van der Waals surface area contributed by atoms with Gasteiger partial charge in [0.25, 0.3) is 5.91 Å². The molecule has 1 aromatic carbocycles. The summed E-state index contributed by atoms with van der Waals surface area (Å²) in [6.07, 6.45) is 1.90. The van der Waals surface area contributed by atoms with Crippen molar-refractivity contribution in [2.75, 3.05) is 19.7 Å². The monoisotopic (exact) mass is 409 g/mol. The van der Waals surface area contributed by atoms with Gasteiger partial charge in [-0.15, -0.1) is 0 Å². The number of imide groups is 1. The zero-order valence-corrected chi connectivity index (χ0v) is 15.5. The first kappa shape index (κ1) is 17.9. The Morgan fingerprint density at radius 1 is 1.48 bits per heavy atom. The first-order valence-electron chi connectivity index (χ1n) is 8.18. The van der Waals surface area contributed by atoms with E-state index in [1.54, 1.807) is 25.1 Å². The van der Waals surface area contributed by atoms with Crippen molar-refractivity contribution >= 4 is 33.8 Å². The Labute approximate surface area is 154 Å². The fourth-order valence-corrected chi connectivity index (χ4v) is 3.47. The van der Waals surface area contributed by atoms with Gasteiger partial charge in [0.05, 0.1) is 6.10 Å². The lowest BCUT2D eigenvalue weighted by atomic mass is 9.92. The molecule has 2 atom stereocenters. The van der Waals surface area contributed by atoms with E-state index in [1.807, 2.05) is 6.07 Å². The molecule has 3 rings (SSSR count). The second-order valence-electron chi connectivity index (χ2n) is 6.40. The third kappa shape index (κ3) is 3.69. The van der Waals surface area contributed by atoms with Gasteiger partial charge in [-0.3, -0.25) is 14.5 Å². The maximum atomic E-state index is 12.8. The van der Waals surface area contributed by atoms with E-state index in [9.17, 15) is 14.4 Å². The molecule has 2 aliphatic rings. The molecule has 1 aromatic rings. The van der Waals surface area contributed by atoms with Gasteiger partial charge in [0.1, 0.15) is 12.1 Å². The van der Waals surface area contributed by atoms with E-state index in [-0.39, 0.29) is 18.6 Å². The van der Waals surface area contributed by atoms with Gasteiger partial charge >= 0.3 is 6.03 Å². The Hall–Kier alpha value is -1.93. The molecule has 0 unspecified atom stereocenters. The van der Waals surface area contributed by atoms with Gasteiger partial charge in [0, 0.05) is 17.6 Å². The van der Waals surface area contributed by atoms with Crippen LogP contribution in [-0.4, -0.2) is 48.5 Å². The van der Waals surface area contributed by atoms with E-state index in [0.717, 1.165) is 22.2 Å². The summed E-state index contributed by atoms with van der Waals surface area (Å²) in [4.78, 5) is 38.1. The minimum Gasteiger partial charge on any atom is -0.376 e. The number of nitrogens with one attached hydrogen (secondary N) is 2. The summed E-state index contributed by atoms with van der Waals surface area (Å²) in [6, 6.07) is 6.61. The predicted octanol–water partition coefficient (Wildman–Crippen LogP) is 1.51. The van der Waals surface area contributed by atoms with Gasteiger partial charge in [0.2, 0.25) is 5.91 Å². The quantitative estimate of drug-likeness (QED) is 0.721. The van der Waals surface area contributed by atoms with Gasteiger partial charge in [-0.2, -0.15) is 0 Å². The molecule has 2 aliphatic heterocycles. The molecule has 134 valence electrons. The topological polar surface area (TPSA) is 87.7 Å². The van der Waals surface area contributed by atoms with Crippen molar-refractivity contribution < 1.29 is 19.1 Å². The van der Waals surface area contributed by atoms with Crippen molar-refractivity contribution in [3.05, 3.63) is 34.3 Å². The fourth-order valence-electron chi connectivity index (χ4n) is 3.07. The highest BCUT2D eigenvalue weighted by Gasteiger charge is 2.49. The maximum absolute atomic E-state index is 12.8. The summed E-state index contributed by atoms with van der Waals surface area (Å²) in [7, 11) is 0. The Bertz CT molecular complexity index is 705. The van der Waals surface area contributed by atoms with Crippen molar-refractivity contribution in [2.24, 2.45) is 0 Å². The van der Waals surface area contributed by atoms with Crippen LogP contribution in [0.25, 0.3) is 0 Å². The van der Waals surface area contributed by atoms with Crippen LogP contribution in [0.1, 0.15) is 25.3 Å². The number of rotatable bonds is 5.